The molecule has 2 aromatic rings. The van der Waals surface area contributed by atoms with Gasteiger partial charge in [-0.05, 0) is 24.3 Å². The molecule has 0 aliphatic rings. The number of halogens is 1. The number of amides is 1. The van der Waals surface area contributed by atoms with E-state index in [1.54, 1.807) is 24.3 Å². The van der Waals surface area contributed by atoms with Gasteiger partial charge in [0, 0.05) is 18.0 Å². The first-order valence-corrected chi connectivity index (χ1v) is 5.09. The predicted molar refractivity (Wildman–Crippen MR) is 62.1 cm³/mol. The van der Waals surface area contributed by atoms with Crippen LogP contribution in [-0.2, 0) is 0 Å². The number of hydrogen-bond acceptors (Lipinski definition) is 4. The number of aromatic nitrogens is 2. The lowest BCUT2D eigenvalue weighted by Gasteiger charge is -2.05. The standard InChI is InChI=1S/C11H8ClN3O2/c12-9-11(15-6-5-14-9)17-8-3-1-7(2-4-8)10(13)16/h1-6H,(H2,13,16). The van der Waals surface area contributed by atoms with Gasteiger partial charge in [-0.2, -0.15) is 0 Å². The molecule has 0 saturated carbocycles. The van der Waals surface area contributed by atoms with Crippen molar-refractivity contribution in [2.75, 3.05) is 0 Å². The number of primary amides is 1. The molecule has 1 aromatic heterocycles. The highest BCUT2D eigenvalue weighted by molar-refractivity contribution is 6.30. The normalized spacial score (nSPS) is 9.94. The SMILES string of the molecule is NC(=O)c1ccc(Oc2nccnc2Cl)cc1. The number of ether oxygens (including phenoxy) is 1. The van der Waals surface area contributed by atoms with Gasteiger partial charge in [-0.15, -0.1) is 0 Å². The molecular weight excluding hydrogens is 242 g/mol. The van der Waals surface area contributed by atoms with Gasteiger partial charge >= 0.3 is 0 Å². The van der Waals surface area contributed by atoms with E-state index >= 15 is 0 Å². The summed E-state index contributed by atoms with van der Waals surface area (Å²) in [5.41, 5.74) is 5.52. The second kappa shape index (κ2) is 4.80. The summed E-state index contributed by atoms with van der Waals surface area (Å²) in [4.78, 5) is 18.6. The van der Waals surface area contributed by atoms with E-state index in [2.05, 4.69) is 9.97 Å². The molecule has 0 fully saturated rings. The van der Waals surface area contributed by atoms with Gasteiger partial charge in [0.15, 0.2) is 5.15 Å². The molecule has 2 rings (SSSR count). The van der Waals surface area contributed by atoms with Gasteiger partial charge < -0.3 is 10.5 Å². The first-order chi connectivity index (χ1) is 8.16. The molecule has 1 amide bonds. The van der Waals surface area contributed by atoms with Gasteiger partial charge in [0.05, 0.1) is 0 Å². The average molecular weight is 250 g/mol. The molecule has 0 spiro atoms. The van der Waals surface area contributed by atoms with E-state index in [0.29, 0.717) is 11.3 Å². The van der Waals surface area contributed by atoms with Crippen LogP contribution in [-0.4, -0.2) is 15.9 Å². The van der Waals surface area contributed by atoms with Crippen LogP contribution in [0.5, 0.6) is 11.6 Å². The van der Waals surface area contributed by atoms with Crippen molar-refractivity contribution in [3.8, 4) is 11.6 Å². The largest absolute Gasteiger partial charge is 0.436 e. The van der Waals surface area contributed by atoms with Crippen LogP contribution in [0.15, 0.2) is 36.7 Å². The first kappa shape index (κ1) is 11.3. The molecule has 0 aliphatic carbocycles. The highest BCUT2D eigenvalue weighted by atomic mass is 35.5. The van der Waals surface area contributed by atoms with Crippen LogP contribution >= 0.6 is 11.6 Å². The summed E-state index contributed by atoms with van der Waals surface area (Å²) in [5.74, 6) is 0.215. The zero-order chi connectivity index (χ0) is 12.3. The van der Waals surface area contributed by atoms with Crippen molar-refractivity contribution in [1.82, 2.24) is 9.97 Å². The van der Waals surface area contributed by atoms with E-state index in [1.807, 2.05) is 0 Å². The Morgan fingerprint density at radius 2 is 1.82 bits per heavy atom. The fourth-order valence-corrected chi connectivity index (χ4v) is 1.32. The molecule has 0 atom stereocenters. The third kappa shape index (κ3) is 2.70. The number of rotatable bonds is 3. The lowest BCUT2D eigenvalue weighted by atomic mass is 10.2. The van der Waals surface area contributed by atoms with E-state index in [0.717, 1.165) is 0 Å². The maximum absolute atomic E-state index is 10.9. The van der Waals surface area contributed by atoms with Crippen LogP contribution in [0.1, 0.15) is 10.4 Å². The topological polar surface area (TPSA) is 78.1 Å². The Morgan fingerprint density at radius 1 is 1.18 bits per heavy atom. The fourth-order valence-electron chi connectivity index (χ4n) is 1.18. The Morgan fingerprint density at radius 3 is 2.41 bits per heavy atom. The maximum Gasteiger partial charge on any atom is 0.257 e. The van der Waals surface area contributed by atoms with E-state index in [4.69, 9.17) is 22.1 Å². The lowest BCUT2D eigenvalue weighted by molar-refractivity contribution is 0.100. The molecule has 0 unspecified atom stereocenters. The van der Waals surface area contributed by atoms with E-state index in [1.165, 1.54) is 12.4 Å². The Bertz CT molecular complexity index is 543. The summed E-state index contributed by atoms with van der Waals surface area (Å²) < 4.78 is 5.39. The molecule has 86 valence electrons. The first-order valence-electron chi connectivity index (χ1n) is 4.71. The third-order valence-corrected chi connectivity index (χ3v) is 2.24. The summed E-state index contributed by atoms with van der Waals surface area (Å²) >= 11 is 5.78. The molecule has 0 saturated heterocycles. The third-order valence-electron chi connectivity index (χ3n) is 1.98. The lowest BCUT2D eigenvalue weighted by Crippen LogP contribution is -2.10. The van der Waals surface area contributed by atoms with Crippen molar-refractivity contribution < 1.29 is 9.53 Å². The van der Waals surface area contributed by atoms with Crippen LogP contribution in [0.4, 0.5) is 0 Å². The van der Waals surface area contributed by atoms with E-state index < -0.39 is 5.91 Å². The maximum atomic E-state index is 10.9. The zero-order valence-electron chi connectivity index (χ0n) is 8.63. The second-order valence-corrected chi connectivity index (χ2v) is 3.50. The van der Waals surface area contributed by atoms with Crippen LogP contribution in [0.25, 0.3) is 0 Å². The zero-order valence-corrected chi connectivity index (χ0v) is 9.39. The number of nitrogens with zero attached hydrogens (tertiary/aromatic N) is 2. The predicted octanol–water partition coefficient (Wildman–Crippen LogP) is 2.02. The molecule has 1 heterocycles. The molecule has 0 bridgehead atoms. The molecule has 5 nitrogen and oxygen atoms in total. The number of benzene rings is 1. The summed E-state index contributed by atoms with van der Waals surface area (Å²) in [7, 11) is 0. The number of nitrogens with two attached hydrogens (primary N) is 1. The Balaban J connectivity index is 2.20. The summed E-state index contributed by atoms with van der Waals surface area (Å²) in [6.45, 7) is 0. The van der Waals surface area contributed by atoms with Crippen molar-refractivity contribution in [1.29, 1.82) is 0 Å². The highest BCUT2D eigenvalue weighted by Gasteiger charge is 2.05. The van der Waals surface area contributed by atoms with Gasteiger partial charge in [-0.25, -0.2) is 9.97 Å². The van der Waals surface area contributed by atoms with Gasteiger partial charge in [0.25, 0.3) is 5.88 Å². The number of carbonyl (C=O) groups excluding carboxylic acids is 1. The Labute approximate surface area is 102 Å². The number of carbonyl (C=O) groups is 1. The summed E-state index contributed by atoms with van der Waals surface area (Å²) in [6.07, 6.45) is 2.93. The van der Waals surface area contributed by atoms with Crippen molar-refractivity contribution in [3.05, 3.63) is 47.4 Å². The quantitative estimate of drug-likeness (QED) is 0.903. The van der Waals surface area contributed by atoms with E-state index in [-0.39, 0.29) is 11.0 Å². The van der Waals surface area contributed by atoms with Gasteiger partial charge in [-0.1, -0.05) is 11.6 Å². The minimum absolute atomic E-state index is 0.173. The van der Waals surface area contributed by atoms with Crippen LogP contribution in [0.2, 0.25) is 5.15 Å². The molecule has 6 heteroatoms. The fraction of sp³-hybridized carbons (Fsp3) is 0. The van der Waals surface area contributed by atoms with Crippen molar-refractivity contribution in [2.24, 2.45) is 5.73 Å². The molecule has 0 radical (unpaired) electrons. The second-order valence-electron chi connectivity index (χ2n) is 3.14. The molecule has 1 aromatic carbocycles. The number of hydrogen-bond donors (Lipinski definition) is 1. The van der Waals surface area contributed by atoms with E-state index in [9.17, 15) is 4.79 Å². The van der Waals surface area contributed by atoms with Crippen LogP contribution in [0, 0.1) is 0 Å². The highest BCUT2D eigenvalue weighted by Crippen LogP contribution is 2.24. The molecule has 2 N–H and O–H groups in total. The minimum Gasteiger partial charge on any atom is -0.436 e. The smallest absolute Gasteiger partial charge is 0.257 e. The van der Waals surface area contributed by atoms with Gasteiger partial charge in [-0.3, -0.25) is 4.79 Å². The minimum atomic E-state index is -0.492. The van der Waals surface area contributed by atoms with Gasteiger partial charge in [0.2, 0.25) is 5.91 Å². The Kier molecular flexibility index (Phi) is 3.20. The van der Waals surface area contributed by atoms with Gasteiger partial charge in [0.1, 0.15) is 5.75 Å². The van der Waals surface area contributed by atoms with Crippen LogP contribution in [0.3, 0.4) is 0 Å². The van der Waals surface area contributed by atoms with Crippen molar-refractivity contribution >= 4 is 17.5 Å². The average Bonchev–Trinajstić information content (AvgIpc) is 2.33. The monoisotopic (exact) mass is 249 g/mol. The summed E-state index contributed by atoms with van der Waals surface area (Å²) in [5, 5.41) is 0.173. The van der Waals surface area contributed by atoms with Crippen molar-refractivity contribution in [3.63, 3.8) is 0 Å². The molecular formula is C11H8ClN3O2. The molecule has 0 aliphatic heterocycles. The summed E-state index contributed by atoms with van der Waals surface area (Å²) in [6, 6.07) is 6.32. The van der Waals surface area contributed by atoms with Crippen molar-refractivity contribution in [2.45, 2.75) is 0 Å². The van der Waals surface area contributed by atoms with Crippen LogP contribution < -0.4 is 10.5 Å². The Hall–Kier alpha value is -2.14. The molecule has 17 heavy (non-hydrogen) atoms.